The molecule has 0 radical (unpaired) electrons. The van der Waals surface area contributed by atoms with E-state index in [1.54, 1.807) is 0 Å². The number of rotatable bonds is 5. The summed E-state index contributed by atoms with van der Waals surface area (Å²) in [5, 5.41) is 0.851. The van der Waals surface area contributed by atoms with Gasteiger partial charge in [0.25, 0.3) is 0 Å². The van der Waals surface area contributed by atoms with E-state index < -0.39 is 36.6 Å². The van der Waals surface area contributed by atoms with Gasteiger partial charge in [-0.05, 0) is 36.8 Å². The van der Waals surface area contributed by atoms with Gasteiger partial charge >= 0.3 is 11.8 Å². The Bertz CT molecular complexity index is 932. The molecule has 0 spiro atoms. The first-order valence-corrected chi connectivity index (χ1v) is 10.3. The van der Waals surface area contributed by atoms with Crippen LogP contribution in [0.4, 0.5) is 22.0 Å². The molecule has 3 fully saturated rings. The van der Waals surface area contributed by atoms with Crippen LogP contribution >= 0.6 is 24.3 Å². The van der Waals surface area contributed by atoms with E-state index in [0.29, 0.717) is 10.8 Å². The summed E-state index contributed by atoms with van der Waals surface area (Å²) in [6.45, 7) is 0.0848. The Hall–Kier alpha value is -1.09. The van der Waals surface area contributed by atoms with E-state index in [1.165, 1.54) is 18.3 Å². The second kappa shape index (κ2) is 6.20. The second-order valence-corrected chi connectivity index (χ2v) is 9.62. The van der Waals surface area contributed by atoms with E-state index >= 15 is 0 Å². The molecule has 11 heteroatoms. The summed E-state index contributed by atoms with van der Waals surface area (Å²) in [5.74, 6) is 0.116. The van der Waals surface area contributed by atoms with Crippen LogP contribution < -0.4 is 4.74 Å². The quantitative estimate of drug-likeness (QED) is 0.436. The summed E-state index contributed by atoms with van der Waals surface area (Å²) < 4.78 is 72.3. The van der Waals surface area contributed by atoms with Gasteiger partial charge in [0.1, 0.15) is 0 Å². The Labute approximate surface area is 165 Å². The van der Waals surface area contributed by atoms with Crippen LogP contribution in [-0.4, -0.2) is 27.6 Å². The van der Waals surface area contributed by atoms with Crippen LogP contribution in [0.3, 0.4) is 0 Å². The Balaban J connectivity index is 1.52. The summed E-state index contributed by atoms with van der Waals surface area (Å²) in [7, 11) is -3.53. The third kappa shape index (κ3) is 3.00. The van der Waals surface area contributed by atoms with Gasteiger partial charge in [0, 0.05) is 33.1 Å². The molecule has 2 bridgehead atoms. The molecule has 0 saturated heterocycles. The van der Waals surface area contributed by atoms with Crippen molar-refractivity contribution in [2.45, 2.75) is 31.1 Å². The van der Waals surface area contributed by atoms with Crippen molar-refractivity contribution in [3.63, 3.8) is 0 Å². The molecular formula is C17H14BrF5NO3P. The van der Waals surface area contributed by atoms with Crippen LogP contribution in [-0.2, 0) is 5.66 Å². The zero-order chi connectivity index (χ0) is 20.5. The van der Waals surface area contributed by atoms with Gasteiger partial charge in [0.15, 0.2) is 0 Å². The first kappa shape index (κ1) is 20.2. The van der Waals surface area contributed by atoms with Gasteiger partial charge in [-0.3, -0.25) is 0 Å². The maximum Gasteiger partial charge on any atom is 0.394 e. The number of halogens is 6. The summed E-state index contributed by atoms with van der Waals surface area (Å²) >= 11 is 3.00. The predicted molar refractivity (Wildman–Crippen MR) is 95.0 cm³/mol. The second-order valence-electron chi connectivity index (χ2n) is 7.63. The van der Waals surface area contributed by atoms with E-state index in [2.05, 4.69) is 20.9 Å². The summed E-state index contributed by atoms with van der Waals surface area (Å²) in [4.78, 5) is 22.1. The molecule has 1 heterocycles. The fraction of sp³-hybridized carbons (Fsp3) is 0.471. The van der Waals surface area contributed by atoms with Crippen LogP contribution in [0.5, 0.6) is 5.88 Å². The standard InChI is InChI=1S/C17H14BrF5NO3P/c18-12-2-10-4-24-13(3-9(10)1-11(12)16(19,20)28(25)26)27-8-14-5-15(6-14,7-14)17(21,22)23/h1-4,25-26H,5-8H2. The molecular weight excluding hydrogens is 472 g/mol. The van der Waals surface area contributed by atoms with Crippen molar-refractivity contribution in [3.8, 4) is 5.88 Å². The summed E-state index contributed by atoms with van der Waals surface area (Å²) in [5.41, 5.74) is -6.47. The van der Waals surface area contributed by atoms with Gasteiger partial charge < -0.3 is 14.5 Å². The molecule has 2 aromatic rings. The number of benzene rings is 1. The third-order valence-corrected chi connectivity index (χ3v) is 7.02. The van der Waals surface area contributed by atoms with Crippen molar-refractivity contribution >= 4 is 35.1 Å². The maximum atomic E-state index is 14.0. The SMILES string of the molecule is OP(O)C(F)(F)c1cc2cc(OCC34CC(C(F)(F)F)(C3)C4)ncc2cc1Br. The molecule has 5 rings (SSSR count). The van der Waals surface area contributed by atoms with Gasteiger partial charge in [0.05, 0.1) is 12.0 Å². The molecule has 1 aromatic heterocycles. The van der Waals surface area contributed by atoms with E-state index in [0.717, 1.165) is 6.07 Å². The highest BCUT2D eigenvalue weighted by molar-refractivity contribution is 9.10. The monoisotopic (exact) mass is 485 g/mol. The molecule has 4 nitrogen and oxygen atoms in total. The first-order chi connectivity index (χ1) is 12.9. The van der Waals surface area contributed by atoms with E-state index in [9.17, 15) is 22.0 Å². The van der Waals surface area contributed by atoms with Crippen molar-refractivity contribution in [2.75, 3.05) is 6.61 Å². The van der Waals surface area contributed by atoms with Gasteiger partial charge in [-0.2, -0.15) is 22.0 Å². The normalized spacial score (nSPS) is 26.9. The van der Waals surface area contributed by atoms with Crippen LogP contribution in [0.25, 0.3) is 10.8 Å². The van der Waals surface area contributed by atoms with Crippen LogP contribution in [0.2, 0.25) is 0 Å². The average Bonchev–Trinajstić information content (AvgIpc) is 2.50. The molecule has 1 aromatic carbocycles. The number of pyridine rings is 1. The molecule has 0 amide bonds. The molecule has 0 unspecified atom stereocenters. The number of fused-ring (bicyclic) bond motifs is 1. The highest BCUT2D eigenvalue weighted by Crippen LogP contribution is 2.78. The lowest BCUT2D eigenvalue weighted by atomic mass is 9.35. The Morgan fingerprint density at radius 2 is 1.71 bits per heavy atom. The largest absolute Gasteiger partial charge is 0.477 e. The zero-order valence-corrected chi connectivity index (χ0v) is 16.6. The number of ether oxygens (including phenoxy) is 1. The minimum absolute atomic E-state index is 0.00221. The highest BCUT2D eigenvalue weighted by atomic mass is 79.9. The first-order valence-electron chi connectivity index (χ1n) is 8.23. The van der Waals surface area contributed by atoms with Crippen molar-refractivity contribution < 1.29 is 36.5 Å². The lowest BCUT2D eigenvalue weighted by Crippen LogP contribution is -2.69. The topological polar surface area (TPSA) is 62.6 Å². The van der Waals surface area contributed by atoms with Crippen molar-refractivity contribution in [1.29, 1.82) is 0 Å². The minimum Gasteiger partial charge on any atom is -0.477 e. The molecule has 28 heavy (non-hydrogen) atoms. The van der Waals surface area contributed by atoms with Crippen LogP contribution in [0.1, 0.15) is 24.8 Å². The third-order valence-electron chi connectivity index (χ3n) is 5.63. The van der Waals surface area contributed by atoms with E-state index in [-0.39, 0.29) is 36.2 Å². The molecule has 3 aliphatic carbocycles. The van der Waals surface area contributed by atoms with E-state index in [4.69, 9.17) is 14.5 Å². The fourth-order valence-corrected chi connectivity index (χ4v) is 5.41. The lowest BCUT2D eigenvalue weighted by Gasteiger charge is -2.70. The smallest absolute Gasteiger partial charge is 0.394 e. The molecule has 152 valence electrons. The maximum absolute atomic E-state index is 14.0. The van der Waals surface area contributed by atoms with Gasteiger partial charge in [-0.15, -0.1) is 0 Å². The lowest BCUT2D eigenvalue weighted by molar-refractivity contribution is -0.367. The number of alkyl halides is 5. The van der Waals surface area contributed by atoms with Gasteiger partial charge in [0.2, 0.25) is 14.3 Å². The number of aromatic nitrogens is 1. The Kier molecular flexibility index (Phi) is 4.47. The van der Waals surface area contributed by atoms with Crippen molar-refractivity contribution in [2.24, 2.45) is 10.8 Å². The number of nitrogens with zero attached hydrogens (tertiary/aromatic N) is 1. The van der Waals surface area contributed by atoms with Crippen LogP contribution in [0, 0.1) is 10.8 Å². The molecule has 2 N–H and O–H groups in total. The van der Waals surface area contributed by atoms with Gasteiger partial charge in [-0.25, -0.2) is 4.98 Å². The van der Waals surface area contributed by atoms with E-state index in [1.807, 2.05) is 0 Å². The molecule has 0 aliphatic heterocycles. The minimum atomic E-state index is -4.19. The van der Waals surface area contributed by atoms with Crippen LogP contribution in [0.15, 0.2) is 28.9 Å². The fourth-order valence-electron chi connectivity index (χ4n) is 4.24. The number of hydrogen-bond donors (Lipinski definition) is 2. The average molecular weight is 486 g/mol. The molecule has 3 aliphatic rings. The summed E-state index contributed by atoms with van der Waals surface area (Å²) in [6.07, 6.45) is -2.67. The number of hydrogen-bond acceptors (Lipinski definition) is 4. The molecule has 3 saturated carbocycles. The highest BCUT2D eigenvalue weighted by Gasteiger charge is 2.78. The van der Waals surface area contributed by atoms with Crippen molar-refractivity contribution in [3.05, 3.63) is 34.4 Å². The summed E-state index contributed by atoms with van der Waals surface area (Å²) in [6, 6.07) is 3.89. The zero-order valence-electron chi connectivity index (χ0n) is 14.1. The Morgan fingerprint density at radius 3 is 2.29 bits per heavy atom. The Morgan fingerprint density at radius 1 is 1.07 bits per heavy atom. The van der Waals surface area contributed by atoms with Gasteiger partial charge in [-0.1, -0.05) is 15.9 Å². The molecule has 0 atom stereocenters. The van der Waals surface area contributed by atoms with Crippen molar-refractivity contribution in [1.82, 2.24) is 4.98 Å². The predicted octanol–water partition coefficient (Wildman–Crippen LogP) is 5.45.